The first-order valence-corrected chi connectivity index (χ1v) is 4.07. The first-order valence-electron chi connectivity index (χ1n) is 4.07. The largest absolute Gasteiger partial charge is 0.384 e. The summed E-state index contributed by atoms with van der Waals surface area (Å²) in [7, 11) is 1.52. The van der Waals surface area contributed by atoms with Crippen LogP contribution in [0.5, 0.6) is 0 Å². The van der Waals surface area contributed by atoms with Gasteiger partial charge in [-0.15, -0.1) is 0 Å². The molecule has 0 aliphatic heterocycles. The van der Waals surface area contributed by atoms with Crippen LogP contribution in [0, 0.1) is 5.41 Å². The normalized spacial score (nSPS) is 9.21. The van der Waals surface area contributed by atoms with Crippen LogP contribution in [0.3, 0.4) is 0 Å². The van der Waals surface area contributed by atoms with Gasteiger partial charge in [-0.3, -0.25) is 5.41 Å². The van der Waals surface area contributed by atoms with E-state index in [0.29, 0.717) is 11.3 Å². The summed E-state index contributed by atoms with van der Waals surface area (Å²) in [5.41, 5.74) is 6.38. The molecule has 5 heteroatoms. The van der Waals surface area contributed by atoms with Gasteiger partial charge in [0, 0.05) is 12.6 Å². The van der Waals surface area contributed by atoms with Gasteiger partial charge in [0.25, 0.3) is 0 Å². The number of urea groups is 1. The zero-order valence-corrected chi connectivity index (χ0v) is 7.79. The lowest BCUT2D eigenvalue weighted by molar-refractivity contribution is 0.254. The highest BCUT2D eigenvalue weighted by Gasteiger charge is 2.05. The predicted octanol–water partition coefficient (Wildman–Crippen LogP) is 0.722. The van der Waals surface area contributed by atoms with E-state index in [0.717, 1.165) is 0 Å². The summed E-state index contributed by atoms with van der Waals surface area (Å²) in [6.45, 7) is 0. The lowest BCUT2D eigenvalue weighted by atomic mass is 10.1. The fraction of sp³-hybridized carbons (Fsp3) is 0.111. The van der Waals surface area contributed by atoms with E-state index in [1.165, 1.54) is 7.05 Å². The summed E-state index contributed by atoms with van der Waals surface area (Å²) in [5, 5.41) is 12.3. The molecule has 0 bridgehead atoms. The van der Waals surface area contributed by atoms with Crippen LogP contribution in [0.25, 0.3) is 0 Å². The number of nitrogen functional groups attached to an aromatic ring is 1. The van der Waals surface area contributed by atoms with Crippen molar-refractivity contribution in [3.05, 3.63) is 29.8 Å². The SMILES string of the molecule is CNC(=O)Nc1ccccc1C(=N)N. The van der Waals surface area contributed by atoms with E-state index in [1.54, 1.807) is 24.3 Å². The van der Waals surface area contributed by atoms with Crippen LogP contribution >= 0.6 is 0 Å². The molecule has 0 atom stereocenters. The summed E-state index contributed by atoms with van der Waals surface area (Å²) in [5.74, 6) is -0.0722. The number of nitrogens with two attached hydrogens (primary N) is 1. The van der Waals surface area contributed by atoms with Crippen molar-refractivity contribution in [1.29, 1.82) is 5.41 Å². The Morgan fingerprint density at radius 2 is 2.07 bits per heavy atom. The number of para-hydroxylation sites is 1. The van der Waals surface area contributed by atoms with Crippen molar-refractivity contribution < 1.29 is 4.79 Å². The number of nitrogens with one attached hydrogen (secondary N) is 3. The Bertz CT molecular complexity index is 362. The number of anilines is 1. The molecule has 1 aromatic carbocycles. The molecule has 5 N–H and O–H groups in total. The highest BCUT2D eigenvalue weighted by molar-refractivity contribution is 6.03. The molecule has 0 fully saturated rings. The second-order valence-corrected chi connectivity index (χ2v) is 2.66. The van der Waals surface area contributed by atoms with Gasteiger partial charge in [0.1, 0.15) is 5.84 Å². The van der Waals surface area contributed by atoms with Crippen LogP contribution in [-0.4, -0.2) is 18.9 Å². The molecule has 0 saturated carbocycles. The van der Waals surface area contributed by atoms with Crippen LogP contribution in [0.1, 0.15) is 5.56 Å². The lowest BCUT2D eigenvalue weighted by Gasteiger charge is -2.08. The van der Waals surface area contributed by atoms with Crippen LogP contribution in [0.15, 0.2) is 24.3 Å². The Kier molecular flexibility index (Phi) is 3.06. The number of benzene rings is 1. The number of hydrogen-bond donors (Lipinski definition) is 4. The average molecular weight is 192 g/mol. The van der Waals surface area contributed by atoms with Crippen LogP contribution < -0.4 is 16.4 Å². The van der Waals surface area contributed by atoms with E-state index in [2.05, 4.69) is 10.6 Å². The molecule has 0 aliphatic rings. The molecular formula is C9H12N4O. The van der Waals surface area contributed by atoms with Gasteiger partial charge < -0.3 is 16.4 Å². The first kappa shape index (κ1) is 10.0. The molecular weight excluding hydrogens is 180 g/mol. The molecule has 5 nitrogen and oxygen atoms in total. The molecule has 0 radical (unpaired) electrons. The van der Waals surface area contributed by atoms with Crippen molar-refractivity contribution in [2.75, 3.05) is 12.4 Å². The topological polar surface area (TPSA) is 91.0 Å². The van der Waals surface area contributed by atoms with Crippen LogP contribution in [0.2, 0.25) is 0 Å². The number of carbonyl (C=O) groups excluding carboxylic acids is 1. The molecule has 0 heterocycles. The number of amides is 2. The van der Waals surface area contributed by atoms with Crippen molar-refractivity contribution in [2.24, 2.45) is 5.73 Å². The number of carbonyl (C=O) groups is 1. The van der Waals surface area contributed by atoms with E-state index in [1.807, 2.05) is 0 Å². The smallest absolute Gasteiger partial charge is 0.318 e. The minimum atomic E-state index is -0.335. The van der Waals surface area contributed by atoms with E-state index < -0.39 is 0 Å². The third-order valence-electron chi connectivity index (χ3n) is 1.69. The molecule has 2 amide bonds. The van der Waals surface area contributed by atoms with Gasteiger partial charge in [0.05, 0.1) is 5.69 Å². The van der Waals surface area contributed by atoms with Gasteiger partial charge in [-0.05, 0) is 12.1 Å². The second-order valence-electron chi connectivity index (χ2n) is 2.66. The Balaban J connectivity index is 2.95. The van der Waals surface area contributed by atoms with Gasteiger partial charge in [-0.25, -0.2) is 4.79 Å². The fourth-order valence-corrected chi connectivity index (χ4v) is 1.01. The van der Waals surface area contributed by atoms with Crippen molar-refractivity contribution in [3.8, 4) is 0 Å². The van der Waals surface area contributed by atoms with E-state index in [4.69, 9.17) is 11.1 Å². The Hall–Kier alpha value is -2.04. The molecule has 0 unspecified atom stereocenters. The minimum Gasteiger partial charge on any atom is -0.384 e. The summed E-state index contributed by atoms with van der Waals surface area (Å²) < 4.78 is 0. The summed E-state index contributed by atoms with van der Waals surface area (Å²) >= 11 is 0. The summed E-state index contributed by atoms with van der Waals surface area (Å²) in [6, 6.07) is 6.54. The van der Waals surface area contributed by atoms with Crippen LogP contribution in [-0.2, 0) is 0 Å². The van der Waals surface area contributed by atoms with Gasteiger partial charge in [-0.2, -0.15) is 0 Å². The molecule has 0 aromatic heterocycles. The minimum absolute atomic E-state index is 0.0722. The van der Waals surface area contributed by atoms with Gasteiger partial charge in [0.15, 0.2) is 0 Å². The van der Waals surface area contributed by atoms with Crippen molar-refractivity contribution in [3.63, 3.8) is 0 Å². The molecule has 1 aromatic rings. The highest BCUT2D eigenvalue weighted by Crippen LogP contribution is 2.13. The van der Waals surface area contributed by atoms with Crippen molar-refractivity contribution in [2.45, 2.75) is 0 Å². The molecule has 1 rings (SSSR count). The average Bonchev–Trinajstić information content (AvgIpc) is 2.18. The Labute approximate surface area is 81.8 Å². The van der Waals surface area contributed by atoms with Crippen molar-refractivity contribution >= 4 is 17.6 Å². The fourth-order valence-electron chi connectivity index (χ4n) is 1.01. The van der Waals surface area contributed by atoms with E-state index >= 15 is 0 Å². The number of hydrogen-bond acceptors (Lipinski definition) is 2. The second kappa shape index (κ2) is 4.27. The van der Waals surface area contributed by atoms with E-state index in [9.17, 15) is 4.79 Å². The maximum atomic E-state index is 11.0. The Morgan fingerprint density at radius 1 is 1.43 bits per heavy atom. The van der Waals surface area contributed by atoms with E-state index in [-0.39, 0.29) is 11.9 Å². The summed E-state index contributed by atoms with van der Waals surface area (Å²) in [4.78, 5) is 11.0. The molecule has 14 heavy (non-hydrogen) atoms. The number of rotatable bonds is 2. The molecule has 74 valence electrons. The van der Waals surface area contributed by atoms with Crippen molar-refractivity contribution in [1.82, 2.24) is 5.32 Å². The number of amidine groups is 1. The van der Waals surface area contributed by atoms with Gasteiger partial charge in [-0.1, -0.05) is 12.1 Å². The maximum Gasteiger partial charge on any atom is 0.318 e. The third kappa shape index (κ3) is 2.22. The zero-order valence-electron chi connectivity index (χ0n) is 7.79. The van der Waals surface area contributed by atoms with Gasteiger partial charge >= 0.3 is 6.03 Å². The Morgan fingerprint density at radius 3 is 2.64 bits per heavy atom. The highest BCUT2D eigenvalue weighted by atomic mass is 16.2. The quantitative estimate of drug-likeness (QED) is 0.411. The standard InChI is InChI=1S/C9H12N4O/c1-12-9(14)13-7-5-3-2-4-6(7)8(10)11/h2-5H,1H3,(H3,10,11)(H2,12,13,14). The predicted molar refractivity (Wildman–Crippen MR) is 55.5 cm³/mol. The summed E-state index contributed by atoms with van der Waals surface area (Å²) in [6.07, 6.45) is 0. The maximum absolute atomic E-state index is 11.0. The first-order chi connectivity index (χ1) is 6.65. The lowest BCUT2D eigenvalue weighted by Crippen LogP contribution is -2.26. The van der Waals surface area contributed by atoms with Crippen LogP contribution in [0.4, 0.5) is 10.5 Å². The monoisotopic (exact) mass is 192 g/mol. The third-order valence-corrected chi connectivity index (χ3v) is 1.69. The molecule has 0 spiro atoms. The van der Waals surface area contributed by atoms with Gasteiger partial charge in [0.2, 0.25) is 0 Å². The molecule has 0 saturated heterocycles. The molecule has 0 aliphatic carbocycles. The zero-order chi connectivity index (χ0) is 10.6.